The lowest BCUT2D eigenvalue weighted by atomic mass is 10.3. The van der Waals surface area contributed by atoms with Gasteiger partial charge >= 0.3 is 5.76 Å². The summed E-state index contributed by atoms with van der Waals surface area (Å²) in [5.41, 5.74) is 1.56. The fraction of sp³-hybridized carbons (Fsp3) is 0.211. The van der Waals surface area contributed by atoms with Gasteiger partial charge in [0, 0.05) is 35.6 Å². The lowest BCUT2D eigenvalue weighted by molar-refractivity contribution is -0.133. The van der Waals surface area contributed by atoms with Gasteiger partial charge in [0.2, 0.25) is 11.8 Å². The Hall–Kier alpha value is -2.58. The Kier molecular flexibility index (Phi) is 6.21. The third-order valence-corrected chi connectivity index (χ3v) is 5.06. The van der Waals surface area contributed by atoms with Gasteiger partial charge in [0.25, 0.3) is 0 Å². The van der Waals surface area contributed by atoms with Gasteiger partial charge in [0.1, 0.15) is 0 Å². The van der Waals surface area contributed by atoms with Crippen LogP contribution >= 0.6 is 27.5 Å². The van der Waals surface area contributed by atoms with Crippen LogP contribution in [-0.2, 0) is 16.1 Å². The number of rotatable bonds is 6. The Labute approximate surface area is 174 Å². The van der Waals surface area contributed by atoms with Crippen molar-refractivity contribution < 1.29 is 14.0 Å². The van der Waals surface area contributed by atoms with E-state index >= 15 is 0 Å². The maximum Gasteiger partial charge on any atom is 0.419 e. The second-order valence-corrected chi connectivity index (χ2v) is 7.45. The quantitative estimate of drug-likeness (QED) is 0.603. The average molecular weight is 467 g/mol. The van der Waals surface area contributed by atoms with Crippen LogP contribution in [-0.4, -0.2) is 34.9 Å². The number of para-hydroxylation sites is 1. The van der Waals surface area contributed by atoms with Gasteiger partial charge in [-0.3, -0.25) is 14.2 Å². The lowest BCUT2D eigenvalue weighted by Crippen LogP contribution is -2.35. The fourth-order valence-corrected chi connectivity index (χ4v) is 3.25. The Morgan fingerprint density at radius 3 is 2.75 bits per heavy atom. The van der Waals surface area contributed by atoms with Gasteiger partial charge in [-0.2, -0.15) is 0 Å². The average Bonchev–Trinajstić information content (AvgIpc) is 2.95. The molecule has 0 aliphatic rings. The molecule has 0 aliphatic carbocycles. The minimum absolute atomic E-state index is 0.0516. The molecule has 1 aromatic heterocycles. The Morgan fingerprint density at radius 1 is 1.25 bits per heavy atom. The summed E-state index contributed by atoms with van der Waals surface area (Å²) in [7, 11) is 1.54. The summed E-state index contributed by atoms with van der Waals surface area (Å²) in [6.45, 7) is 0.0410. The number of aryl methyl sites for hydroxylation is 1. The van der Waals surface area contributed by atoms with Gasteiger partial charge in [0.05, 0.1) is 17.7 Å². The molecule has 0 saturated heterocycles. The molecule has 0 saturated carbocycles. The summed E-state index contributed by atoms with van der Waals surface area (Å²) < 4.78 is 7.27. The largest absolute Gasteiger partial charge is 0.419 e. The Bertz CT molecular complexity index is 1090. The number of anilines is 1. The third kappa shape index (κ3) is 4.63. The zero-order valence-corrected chi connectivity index (χ0v) is 17.3. The van der Waals surface area contributed by atoms with E-state index in [9.17, 15) is 14.4 Å². The van der Waals surface area contributed by atoms with E-state index < -0.39 is 5.76 Å². The van der Waals surface area contributed by atoms with E-state index in [4.69, 9.17) is 16.0 Å². The molecule has 0 bridgehead atoms. The number of amides is 2. The molecule has 3 rings (SSSR count). The first-order valence-electron chi connectivity index (χ1n) is 8.42. The monoisotopic (exact) mass is 465 g/mol. The van der Waals surface area contributed by atoms with Gasteiger partial charge in [-0.1, -0.05) is 23.7 Å². The van der Waals surface area contributed by atoms with Crippen molar-refractivity contribution in [3.63, 3.8) is 0 Å². The van der Waals surface area contributed by atoms with Crippen molar-refractivity contribution in [2.45, 2.75) is 13.0 Å². The van der Waals surface area contributed by atoms with E-state index in [0.29, 0.717) is 21.8 Å². The van der Waals surface area contributed by atoms with Crippen molar-refractivity contribution in [2.24, 2.45) is 0 Å². The van der Waals surface area contributed by atoms with Gasteiger partial charge in [-0.15, -0.1) is 0 Å². The molecule has 9 heteroatoms. The summed E-state index contributed by atoms with van der Waals surface area (Å²) in [6.07, 6.45) is 0.0516. The van der Waals surface area contributed by atoms with Crippen LogP contribution in [0.2, 0.25) is 5.02 Å². The number of benzene rings is 2. The molecule has 1 N–H and O–H groups in total. The maximum absolute atomic E-state index is 12.4. The van der Waals surface area contributed by atoms with Crippen LogP contribution in [0.4, 0.5) is 5.69 Å². The molecule has 0 fully saturated rings. The number of oxazole rings is 1. The molecule has 28 heavy (non-hydrogen) atoms. The van der Waals surface area contributed by atoms with Crippen molar-refractivity contribution in [2.75, 3.05) is 18.9 Å². The molecule has 7 nitrogen and oxygen atoms in total. The maximum atomic E-state index is 12.4. The van der Waals surface area contributed by atoms with E-state index in [1.54, 1.807) is 30.3 Å². The molecule has 1 heterocycles. The van der Waals surface area contributed by atoms with Crippen LogP contribution in [0.1, 0.15) is 6.42 Å². The molecule has 0 unspecified atom stereocenters. The number of nitrogens with one attached hydrogen (secondary N) is 1. The van der Waals surface area contributed by atoms with Gasteiger partial charge in [-0.25, -0.2) is 4.79 Å². The molecule has 2 aromatic carbocycles. The molecular weight excluding hydrogens is 450 g/mol. The number of hydrogen-bond donors (Lipinski definition) is 1. The number of carbonyl (C=O) groups is 2. The SMILES string of the molecule is CN(CC(=O)Nc1ccccc1Br)C(=O)CCn1c(=O)oc2cc(Cl)ccc21. The molecule has 2 amide bonds. The number of nitrogens with zero attached hydrogens (tertiary/aromatic N) is 2. The van der Waals surface area contributed by atoms with Crippen molar-refractivity contribution in [3.8, 4) is 0 Å². The van der Waals surface area contributed by atoms with Crippen LogP contribution in [0.3, 0.4) is 0 Å². The van der Waals surface area contributed by atoms with Crippen LogP contribution in [0.15, 0.2) is 56.1 Å². The van der Waals surface area contributed by atoms with Crippen molar-refractivity contribution in [3.05, 3.63) is 62.5 Å². The highest BCUT2D eigenvalue weighted by atomic mass is 79.9. The summed E-state index contributed by atoms with van der Waals surface area (Å²) in [4.78, 5) is 37.8. The molecule has 146 valence electrons. The summed E-state index contributed by atoms with van der Waals surface area (Å²) >= 11 is 9.25. The van der Waals surface area contributed by atoms with E-state index in [0.717, 1.165) is 4.47 Å². The van der Waals surface area contributed by atoms with Gasteiger partial charge in [0.15, 0.2) is 5.58 Å². The van der Waals surface area contributed by atoms with Crippen LogP contribution in [0.5, 0.6) is 0 Å². The molecule has 3 aromatic rings. The number of fused-ring (bicyclic) bond motifs is 1. The van der Waals surface area contributed by atoms with E-state index in [-0.39, 0.29) is 31.3 Å². The highest BCUT2D eigenvalue weighted by Gasteiger charge is 2.16. The van der Waals surface area contributed by atoms with E-state index in [1.807, 2.05) is 12.1 Å². The first-order valence-corrected chi connectivity index (χ1v) is 9.59. The van der Waals surface area contributed by atoms with Gasteiger partial charge in [-0.05, 0) is 40.2 Å². The Balaban J connectivity index is 1.59. The predicted octanol–water partition coefficient (Wildman–Crippen LogP) is 3.50. The van der Waals surface area contributed by atoms with Crippen molar-refractivity contribution >= 4 is 56.1 Å². The Morgan fingerprint density at radius 2 is 2.00 bits per heavy atom. The second-order valence-electron chi connectivity index (χ2n) is 6.16. The standard InChI is InChI=1S/C19H17BrClN3O4/c1-23(11-17(25)22-14-5-3-2-4-13(14)20)18(26)8-9-24-15-7-6-12(21)10-16(15)28-19(24)27/h2-7,10H,8-9,11H2,1H3,(H,22,25). The van der Waals surface area contributed by atoms with Crippen LogP contribution in [0.25, 0.3) is 11.1 Å². The van der Waals surface area contributed by atoms with Crippen molar-refractivity contribution in [1.29, 1.82) is 0 Å². The topological polar surface area (TPSA) is 84.5 Å². The predicted molar refractivity (Wildman–Crippen MR) is 111 cm³/mol. The highest BCUT2D eigenvalue weighted by Crippen LogP contribution is 2.21. The zero-order valence-electron chi connectivity index (χ0n) is 14.9. The first kappa shape index (κ1) is 20.2. The second kappa shape index (κ2) is 8.62. The zero-order chi connectivity index (χ0) is 20.3. The third-order valence-electron chi connectivity index (χ3n) is 4.13. The highest BCUT2D eigenvalue weighted by molar-refractivity contribution is 9.10. The molecule has 0 aliphatic heterocycles. The van der Waals surface area contributed by atoms with E-state index in [2.05, 4.69) is 21.2 Å². The molecular formula is C19H17BrClN3O4. The molecule has 0 radical (unpaired) electrons. The van der Waals surface area contributed by atoms with Crippen LogP contribution < -0.4 is 11.1 Å². The summed E-state index contributed by atoms with van der Waals surface area (Å²) in [5, 5.41) is 3.20. The number of likely N-dealkylation sites (N-methyl/N-ethyl adjacent to an activating group) is 1. The molecule has 0 spiro atoms. The van der Waals surface area contributed by atoms with Crippen LogP contribution in [0, 0.1) is 0 Å². The fourth-order valence-electron chi connectivity index (χ4n) is 2.71. The number of aromatic nitrogens is 1. The smallest absolute Gasteiger partial charge is 0.408 e. The summed E-state index contributed by atoms with van der Waals surface area (Å²) in [5.74, 6) is -1.14. The van der Waals surface area contributed by atoms with Crippen molar-refractivity contribution in [1.82, 2.24) is 9.47 Å². The lowest BCUT2D eigenvalue weighted by Gasteiger charge is -2.17. The number of halogens is 2. The molecule has 0 atom stereocenters. The minimum atomic E-state index is -0.556. The number of hydrogen-bond acceptors (Lipinski definition) is 4. The first-order chi connectivity index (χ1) is 13.3. The summed E-state index contributed by atoms with van der Waals surface area (Å²) in [6, 6.07) is 12.1. The number of carbonyl (C=O) groups excluding carboxylic acids is 2. The minimum Gasteiger partial charge on any atom is -0.408 e. The normalized spacial score (nSPS) is 10.8. The van der Waals surface area contributed by atoms with E-state index in [1.165, 1.54) is 16.5 Å². The van der Waals surface area contributed by atoms with Gasteiger partial charge < -0.3 is 14.6 Å².